The molecule has 3 aromatic heterocycles. The van der Waals surface area contributed by atoms with Crippen molar-refractivity contribution in [3.05, 3.63) is 95.2 Å². The van der Waals surface area contributed by atoms with Crippen molar-refractivity contribution in [3.8, 4) is 0 Å². The van der Waals surface area contributed by atoms with Gasteiger partial charge in [0.1, 0.15) is 5.65 Å². The number of benzene rings is 1. The van der Waals surface area contributed by atoms with Crippen molar-refractivity contribution in [1.82, 2.24) is 14.4 Å². The Kier molecular flexibility index (Phi) is 5.30. The number of hydrogen-bond donors (Lipinski definition) is 2. The number of nitrogens with zero attached hydrogens (tertiary/aromatic N) is 3. The van der Waals surface area contributed by atoms with E-state index >= 15 is 0 Å². The molecule has 166 valence electrons. The first-order valence-electron chi connectivity index (χ1n) is 11.1. The number of imidazole rings is 1. The molecule has 0 aliphatic heterocycles. The Morgan fingerprint density at radius 1 is 1.12 bits per heavy atom. The molecule has 1 saturated carbocycles. The van der Waals surface area contributed by atoms with Crippen molar-refractivity contribution >= 4 is 29.4 Å². The van der Waals surface area contributed by atoms with Gasteiger partial charge in [0.15, 0.2) is 0 Å². The van der Waals surface area contributed by atoms with Gasteiger partial charge in [0.2, 0.25) is 0 Å². The highest BCUT2D eigenvalue weighted by molar-refractivity contribution is 6.04. The largest absolute Gasteiger partial charge is 0.390 e. The van der Waals surface area contributed by atoms with Crippen molar-refractivity contribution in [1.29, 1.82) is 0 Å². The highest BCUT2D eigenvalue weighted by Crippen LogP contribution is 2.45. The number of aliphatic hydroxyl groups is 1. The lowest BCUT2D eigenvalue weighted by Crippen LogP contribution is -2.39. The Morgan fingerprint density at radius 3 is 2.61 bits per heavy atom. The van der Waals surface area contributed by atoms with E-state index in [1.807, 2.05) is 91.2 Å². The summed E-state index contributed by atoms with van der Waals surface area (Å²) in [6, 6.07) is 17.0. The summed E-state index contributed by atoms with van der Waals surface area (Å²) in [6.07, 6.45) is 9.03. The minimum absolute atomic E-state index is 0.164. The molecule has 0 radical (unpaired) electrons. The number of aromatic nitrogens is 3. The van der Waals surface area contributed by atoms with Gasteiger partial charge in [0.05, 0.1) is 22.7 Å². The molecule has 1 amide bonds. The summed E-state index contributed by atoms with van der Waals surface area (Å²) in [5, 5.41) is 13.1. The van der Waals surface area contributed by atoms with Gasteiger partial charge in [-0.25, -0.2) is 4.98 Å². The van der Waals surface area contributed by atoms with Crippen LogP contribution in [-0.4, -0.2) is 31.0 Å². The number of aryl methyl sites for hydroxylation is 1. The number of carbonyl (C=O) groups is 1. The van der Waals surface area contributed by atoms with Crippen LogP contribution in [0.25, 0.3) is 17.8 Å². The first-order valence-corrected chi connectivity index (χ1v) is 11.1. The van der Waals surface area contributed by atoms with E-state index in [9.17, 15) is 9.90 Å². The van der Waals surface area contributed by atoms with Crippen LogP contribution in [0.15, 0.2) is 67.0 Å². The summed E-state index contributed by atoms with van der Waals surface area (Å²) in [4.78, 5) is 21.8. The zero-order valence-corrected chi connectivity index (χ0v) is 18.7. The van der Waals surface area contributed by atoms with Crippen molar-refractivity contribution in [3.63, 3.8) is 0 Å². The minimum Gasteiger partial charge on any atom is -0.390 e. The lowest BCUT2D eigenvalue weighted by molar-refractivity contribution is -0.0323. The van der Waals surface area contributed by atoms with Crippen molar-refractivity contribution < 1.29 is 9.90 Å². The molecule has 1 aromatic carbocycles. The topological polar surface area (TPSA) is 79.5 Å². The molecule has 6 nitrogen and oxygen atoms in total. The lowest BCUT2D eigenvalue weighted by Gasteiger charge is -2.40. The summed E-state index contributed by atoms with van der Waals surface area (Å²) in [6.45, 7) is 3.90. The highest BCUT2D eigenvalue weighted by atomic mass is 16.3. The van der Waals surface area contributed by atoms with Crippen LogP contribution in [-0.2, 0) is 0 Å². The Morgan fingerprint density at radius 2 is 1.91 bits per heavy atom. The number of nitrogens with one attached hydrogen (secondary N) is 1. The Bertz CT molecular complexity index is 1330. The molecule has 1 fully saturated rings. The first-order chi connectivity index (χ1) is 15.9. The monoisotopic (exact) mass is 438 g/mol. The van der Waals surface area contributed by atoms with E-state index in [1.54, 1.807) is 6.20 Å². The molecule has 0 bridgehead atoms. The molecule has 0 spiro atoms. The van der Waals surface area contributed by atoms with E-state index in [-0.39, 0.29) is 11.8 Å². The molecule has 5 rings (SSSR count). The molecule has 6 heteroatoms. The molecule has 0 atom stereocenters. The van der Waals surface area contributed by atoms with Gasteiger partial charge in [0.25, 0.3) is 5.91 Å². The normalized spacial score (nSPS) is 20.2. The second kappa shape index (κ2) is 8.30. The third-order valence-electron chi connectivity index (χ3n) is 6.22. The number of carbonyl (C=O) groups excluding carboxylic acids is 1. The van der Waals surface area contributed by atoms with E-state index in [1.165, 1.54) is 0 Å². The number of anilines is 1. The fourth-order valence-corrected chi connectivity index (χ4v) is 4.44. The van der Waals surface area contributed by atoms with Crippen LogP contribution >= 0.6 is 0 Å². The SMILES string of the molecule is Cc1c(C2CC(C)(O)C2)nc2ccc(NC(=O)c3ccc(/C=C/c4ccccn4)cc3)cn12. The molecular weight excluding hydrogens is 412 g/mol. The first kappa shape index (κ1) is 21.1. The highest BCUT2D eigenvalue weighted by Gasteiger charge is 2.41. The molecule has 1 aliphatic rings. The molecular formula is C27H26N4O2. The van der Waals surface area contributed by atoms with Gasteiger partial charge in [-0.15, -0.1) is 0 Å². The maximum Gasteiger partial charge on any atom is 0.255 e. The Balaban J connectivity index is 1.28. The Hall–Kier alpha value is -3.77. The molecule has 33 heavy (non-hydrogen) atoms. The van der Waals surface area contributed by atoms with Gasteiger partial charge in [-0.3, -0.25) is 9.78 Å². The third kappa shape index (κ3) is 4.43. The third-order valence-corrected chi connectivity index (χ3v) is 6.22. The van der Waals surface area contributed by atoms with Gasteiger partial charge in [-0.1, -0.05) is 24.3 Å². The number of pyridine rings is 2. The number of rotatable bonds is 5. The van der Waals surface area contributed by atoms with E-state index < -0.39 is 5.60 Å². The van der Waals surface area contributed by atoms with E-state index in [2.05, 4.69) is 10.3 Å². The van der Waals surface area contributed by atoms with Crippen LogP contribution in [0.1, 0.15) is 58.7 Å². The molecule has 0 unspecified atom stereocenters. The fraction of sp³-hybridized carbons (Fsp3) is 0.222. The predicted octanol–water partition coefficient (Wildman–Crippen LogP) is 5.09. The molecule has 0 saturated heterocycles. The summed E-state index contributed by atoms with van der Waals surface area (Å²) in [5.74, 6) is 0.116. The second-order valence-electron chi connectivity index (χ2n) is 8.99. The lowest BCUT2D eigenvalue weighted by atomic mass is 9.70. The average Bonchev–Trinajstić information content (AvgIpc) is 3.12. The standard InChI is InChI=1S/C27H26N4O2/c1-18-25(21-15-27(2,33)16-21)30-24-13-12-23(17-31(18)24)29-26(32)20-9-6-19(7-10-20)8-11-22-5-3-4-14-28-22/h3-14,17,21,33H,15-16H2,1-2H3,(H,29,32)/b11-8+. The van der Waals surface area contributed by atoms with Gasteiger partial charge in [-0.05, 0) is 74.7 Å². The second-order valence-corrected chi connectivity index (χ2v) is 8.99. The molecule has 4 aromatic rings. The van der Waals surface area contributed by atoms with Crippen LogP contribution in [0, 0.1) is 6.92 Å². The maximum atomic E-state index is 12.8. The number of fused-ring (bicyclic) bond motifs is 1. The Labute approximate surface area is 192 Å². The number of hydrogen-bond acceptors (Lipinski definition) is 4. The molecule has 3 heterocycles. The summed E-state index contributed by atoms with van der Waals surface area (Å²) in [5.41, 5.74) is 5.51. The molecule has 1 aliphatic carbocycles. The summed E-state index contributed by atoms with van der Waals surface area (Å²) < 4.78 is 2.00. The van der Waals surface area contributed by atoms with Crippen LogP contribution in [0.2, 0.25) is 0 Å². The van der Waals surface area contributed by atoms with Crippen LogP contribution in [0.5, 0.6) is 0 Å². The smallest absolute Gasteiger partial charge is 0.255 e. The van der Waals surface area contributed by atoms with Gasteiger partial charge in [0, 0.05) is 29.6 Å². The fourth-order valence-electron chi connectivity index (χ4n) is 4.44. The van der Waals surface area contributed by atoms with Crippen molar-refractivity contribution in [2.75, 3.05) is 5.32 Å². The van der Waals surface area contributed by atoms with Crippen LogP contribution in [0.4, 0.5) is 5.69 Å². The summed E-state index contributed by atoms with van der Waals surface area (Å²) >= 11 is 0. The average molecular weight is 439 g/mol. The molecule has 2 N–H and O–H groups in total. The van der Waals surface area contributed by atoms with Gasteiger partial charge in [-0.2, -0.15) is 0 Å². The van der Waals surface area contributed by atoms with E-state index in [0.717, 1.165) is 41.1 Å². The van der Waals surface area contributed by atoms with Crippen LogP contribution in [0.3, 0.4) is 0 Å². The zero-order chi connectivity index (χ0) is 23.0. The predicted molar refractivity (Wildman–Crippen MR) is 130 cm³/mol. The van der Waals surface area contributed by atoms with E-state index in [4.69, 9.17) is 4.98 Å². The number of amides is 1. The summed E-state index contributed by atoms with van der Waals surface area (Å²) in [7, 11) is 0. The van der Waals surface area contributed by atoms with Crippen molar-refractivity contribution in [2.24, 2.45) is 0 Å². The quantitative estimate of drug-likeness (QED) is 0.455. The zero-order valence-electron chi connectivity index (χ0n) is 18.7. The van der Waals surface area contributed by atoms with Crippen molar-refractivity contribution in [2.45, 2.75) is 38.2 Å². The van der Waals surface area contributed by atoms with Crippen LogP contribution < -0.4 is 5.32 Å². The minimum atomic E-state index is -0.587. The van der Waals surface area contributed by atoms with Gasteiger partial charge >= 0.3 is 0 Å². The maximum absolute atomic E-state index is 12.8. The van der Waals surface area contributed by atoms with Gasteiger partial charge < -0.3 is 14.8 Å². The van der Waals surface area contributed by atoms with E-state index in [0.29, 0.717) is 11.3 Å².